The summed E-state index contributed by atoms with van der Waals surface area (Å²) in [5, 5.41) is 3.00. The van der Waals surface area contributed by atoms with Crippen molar-refractivity contribution in [1.82, 2.24) is 4.98 Å². The number of nitrogens with zero attached hydrogens (tertiary/aromatic N) is 2. The summed E-state index contributed by atoms with van der Waals surface area (Å²) in [6.07, 6.45) is 1.59. The second kappa shape index (κ2) is 11.2. The molecule has 1 aromatic heterocycles. The highest BCUT2D eigenvalue weighted by molar-refractivity contribution is 14.0. The third kappa shape index (κ3) is 6.21. The monoisotopic (exact) mass is 524 g/mol. The molecule has 0 atom stereocenters. The molecule has 0 aliphatic carbocycles. The van der Waals surface area contributed by atoms with Gasteiger partial charge in [0.05, 0.1) is 20.8 Å². The van der Waals surface area contributed by atoms with Gasteiger partial charge in [0.25, 0.3) is 0 Å². The van der Waals surface area contributed by atoms with Crippen LogP contribution in [-0.4, -0.2) is 25.2 Å². The van der Waals surface area contributed by atoms with Gasteiger partial charge in [-0.25, -0.2) is 14.4 Å². The van der Waals surface area contributed by atoms with Crippen molar-refractivity contribution in [1.29, 1.82) is 0 Å². The van der Waals surface area contributed by atoms with Crippen molar-refractivity contribution in [2.24, 2.45) is 10.7 Å². The zero-order valence-electron chi connectivity index (χ0n) is 16.5. The summed E-state index contributed by atoms with van der Waals surface area (Å²) in [6.45, 7) is 0.227. The van der Waals surface area contributed by atoms with Gasteiger partial charge in [-0.1, -0.05) is 12.1 Å². The largest absolute Gasteiger partial charge is 0.493 e. The maximum absolute atomic E-state index is 13.4. The van der Waals surface area contributed by atoms with Crippen LogP contribution in [-0.2, 0) is 6.54 Å². The lowest BCUT2D eigenvalue weighted by atomic mass is 10.2. The van der Waals surface area contributed by atoms with Crippen LogP contribution in [0.15, 0.2) is 65.8 Å². The molecular weight excluding hydrogens is 502 g/mol. The van der Waals surface area contributed by atoms with Crippen LogP contribution < -0.4 is 25.3 Å². The first-order valence-electron chi connectivity index (χ1n) is 8.75. The van der Waals surface area contributed by atoms with Crippen molar-refractivity contribution in [2.75, 3.05) is 19.5 Å². The third-order valence-electron chi connectivity index (χ3n) is 3.94. The molecule has 0 fully saturated rings. The van der Waals surface area contributed by atoms with Crippen molar-refractivity contribution in [2.45, 2.75) is 6.54 Å². The molecule has 0 amide bonds. The minimum Gasteiger partial charge on any atom is -0.493 e. The predicted octanol–water partition coefficient (Wildman–Crippen LogP) is 4.58. The van der Waals surface area contributed by atoms with E-state index in [1.165, 1.54) is 12.1 Å². The normalized spacial score (nSPS) is 10.7. The Balaban J connectivity index is 0.00000320. The van der Waals surface area contributed by atoms with Gasteiger partial charge in [-0.3, -0.25) is 0 Å². The molecule has 0 radical (unpaired) electrons. The van der Waals surface area contributed by atoms with E-state index >= 15 is 0 Å². The van der Waals surface area contributed by atoms with Gasteiger partial charge in [0.2, 0.25) is 5.88 Å². The zero-order chi connectivity index (χ0) is 20.6. The number of benzene rings is 2. The fourth-order valence-corrected chi connectivity index (χ4v) is 2.55. The average molecular weight is 524 g/mol. The predicted molar refractivity (Wildman–Crippen MR) is 125 cm³/mol. The van der Waals surface area contributed by atoms with Gasteiger partial charge in [-0.2, -0.15) is 0 Å². The zero-order valence-corrected chi connectivity index (χ0v) is 18.8. The van der Waals surface area contributed by atoms with E-state index in [-0.39, 0.29) is 42.3 Å². The fraction of sp³-hybridized carbons (Fsp3) is 0.143. The summed E-state index contributed by atoms with van der Waals surface area (Å²) in [7, 11) is 3.12. The Morgan fingerprint density at radius 2 is 1.87 bits per heavy atom. The van der Waals surface area contributed by atoms with Crippen LogP contribution in [0, 0.1) is 5.82 Å². The Bertz CT molecular complexity index is 1020. The van der Waals surface area contributed by atoms with E-state index in [1.54, 1.807) is 56.8 Å². The molecule has 30 heavy (non-hydrogen) atoms. The Morgan fingerprint density at radius 1 is 1.07 bits per heavy atom. The van der Waals surface area contributed by atoms with Crippen molar-refractivity contribution in [3.63, 3.8) is 0 Å². The lowest BCUT2D eigenvalue weighted by Crippen LogP contribution is -2.22. The molecule has 7 nitrogen and oxygen atoms in total. The fourth-order valence-electron chi connectivity index (χ4n) is 2.55. The number of nitrogens with two attached hydrogens (primary N) is 1. The topological polar surface area (TPSA) is 91.0 Å². The third-order valence-corrected chi connectivity index (χ3v) is 3.94. The van der Waals surface area contributed by atoms with Gasteiger partial charge in [0.1, 0.15) is 11.6 Å². The molecule has 3 N–H and O–H groups in total. The highest BCUT2D eigenvalue weighted by Gasteiger charge is 2.08. The van der Waals surface area contributed by atoms with Crippen molar-refractivity contribution < 1.29 is 18.6 Å². The van der Waals surface area contributed by atoms with Crippen LogP contribution in [0.4, 0.5) is 10.1 Å². The van der Waals surface area contributed by atoms with E-state index in [2.05, 4.69) is 15.3 Å². The second-order valence-corrected chi connectivity index (χ2v) is 5.92. The molecular formula is C21H22FIN4O3. The quantitative estimate of drug-likeness (QED) is 0.267. The van der Waals surface area contributed by atoms with E-state index in [9.17, 15) is 4.39 Å². The van der Waals surface area contributed by atoms with Crippen LogP contribution >= 0.6 is 24.0 Å². The first-order valence-corrected chi connectivity index (χ1v) is 8.75. The van der Waals surface area contributed by atoms with E-state index in [1.807, 2.05) is 6.07 Å². The highest BCUT2D eigenvalue weighted by Crippen LogP contribution is 2.29. The van der Waals surface area contributed by atoms with Crippen LogP contribution in [0.2, 0.25) is 0 Å². The smallest absolute Gasteiger partial charge is 0.224 e. The van der Waals surface area contributed by atoms with Crippen molar-refractivity contribution in [3.05, 3.63) is 72.2 Å². The lowest BCUT2D eigenvalue weighted by Gasteiger charge is -2.11. The SMILES string of the molecule is COc1ccc(NC(N)=NCc2cccnc2Oc2cccc(F)c2)cc1OC.I. The molecule has 0 spiro atoms. The van der Waals surface area contributed by atoms with Gasteiger partial charge in [0, 0.05) is 29.6 Å². The number of anilines is 1. The maximum Gasteiger partial charge on any atom is 0.224 e. The highest BCUT2D eigenvalue weighted by atomic mass is 127. The first-order chi connectivity index (χ1) is 14.1. The first kappa shape index (κ1) is 23.2. The number of hydrogen-bond acceptors (Lipinski definition) is 5. The molecule has 9 heteroatoms. The number of aliphatic imine (C=N–C) groups is 1. The van der Waals surface area contributed by atoms with Crippen molar-refractivity contribution >= 4 is 35.6 Å². The number of pyridine rings is 1. The van der Waals surface area contributed by atoms with Gasteiger partial charge in [0.15, 0.2) is 17.5 Å². The van der Waals surface area contributed by atoms with Crippen molar-refractivity contribution in [3.8, 4) is 23.1 Å². The molecule has 3 aromatic rings. The lowest BCUT2D eigenvalue weighted by molar-refractivity contribution is 0.355. The number of aromatic nitrogens is 1. The van der Waals surface area contributed by atoms with Gasteiger partial charge in [-0.05, 0) is 30.3 Å². The number of ether oxygens (including phenoxy) is 3. The van der Waals surface area contributed by atoms with Gasteiger partial charge < -0.3 is 25.3 Å². The van der Waals surface area contributed by atoms with Gasteiger partial charge in [-0.15, -0.1) is 24.0 Å². The molecule has 0 bridgehead atoms. The Labute approximate surface area is 191 Å². The van der Waals surface area contributed by atoms with Crippen LogP contribution in [0.1, 0.15) is 5.56 Å². The Kier molecular flexibility index (Phi) is 8.66. The molecule has 0 aliphatic rings. The molecule has 1 heterocycles. The summed E-state index contributed by atoms with van der Waals surface area (Å²) in [6, 6.07) is 14.7. The van der Waals surface area contributed by atoms with Crippen LogP contribution in [0.3, 0.4) is 0 Å². The maximum atomic E-state index is 13.4. The molecule has 158 valence electrons. The summed E-state index contributed by atoms with van der Waals surface area (Å²) in [5.74, 6) is 1.69. The molecule has 3 rings (SSSR count). The Hall–Kier alpha value is -3.08. The number of rotatable bonds is 7. The van der Waals surface area contributed by atoms with Crippen LogP contribution in [0.25, 0.3) is 0 Å². The van der Waals surface area contributed by atoms with E-state index in [4.69, 9.17) is 19.9 Å². The summed E-state index contributed by atoms with van der Waals surface area (Å²) in [4.78, 5) is 8.53. The molecule has 0 aliphatic heterocycles. The number of hydrogen-bond donors (Lipinski definition) is 2. The van der Waals surface area contributed by atoms with E-state index in [0.717, 1.165) is 0 Å². The molecule has 2 aromatic carbocycles. The number of methoxy groups -OCH3 is 2. The summed E-state index contributed by atoms with van der Waals surface area (Å²) < 4.78 is 29.5. The Morgan fingerprint density at radius 3 is 2.60 bits per heavy atom. The standard InChI is InChI=1S/C21H21FN4O3.HI/c1-27-18-9-8-16(12-19(18)28-2)26-21(23)25-13-14-5-4-10-24-20(14)29-17-7-3-6-15(22)11-17;/h3-12H,13H2,1-2H3,(H3,23,25,26);1H. The van der Waals surface area contributed by atoms with Crippen LogP contribution in [0.5, 0.6) is 23.1 Å². The van der Waals surface area contributed by atoms with E-state index in [0.29, 0.717) is 34.4 Å². The van der Waals surface area contributed by atoms with E-state index < -0.39 is 0 Å². The molecule has 0 unspecified atom stereocenters. The molecule has 0 saturated carbocycles. The van der Waals surface area contributed by atoms with Gasteiger partial charge >= 0.3 is 0 Å². The second-order valence-electron chi connectivity index (χ2n) is 5.92. The average Bonchev–Trinajstić information content (AvgIpc) is 2.73. The number of guanidine groups is 1. The molecule has 0 saturated heterocycles. The summed E-state index contributed by atoms with van der Waals surface area (Å²) >= 11 is 0. The summed E-state index contributed by atoms with van der Waals surface area (Å²) in [5.41, 5.74) is 7.40. The number of halogens is 2. The minimum absolute atomic E-state index is 0. The number of nitrogens with one attached hydrogen (secondary N) is 1. The minimum atomic E-state index is -0.388.